The van der Waals surface area contributed by atoms with Gasteiger partial charge in [0.2, 0.25) is 5.91 Å². The van der Waals surface area contributed by atoms with E-state index in [9.17, 15) is 22.4 Å². The predicted octanol–water partition coefficient (Wildman–Crippen LogP) is 6.04. The molecule has 204 valence electrons. The third-order valence-electron chi connectivity index (χ3n) is 6.55. The molecule has 1 aromatic heterocycles. The Hall–Kier alpha value is -3.92. The number of alkyl halides is 3. The first-order chi connectivity index (χ1) is 18.2. The summed E-state index contributed by atoms with van der Waals surface area (Å²) in [7, 11) is 0. The van der Waals surface area contributed by atoms with E-state index < -0.39 is 6.36 Å². The van der Waals surface area contributed by atoms with Crippen molar-refractivity contribution in [1.82, 2.24) is 15.1 Å². The summed E-state index contributed by atoms with van der Waals surface area (Å²) >= 11 is 0. The molecule has 39 heavy (non-hydrogen) atoms. The van der Waals surface area contributed by atoms with E-state index in [4.69, 9.17) is 0 Å². The molecule has 4 aromatic rings. The topological polar surface area (TPSA) is 58.6 Å². The minimum Gasteiger partial charge on any atom is -0.406 e. The molecule has 0 spiro atoms. The van der Waals surface area contributed by atoms with Gasteiger partial charge >= 0.3 is 6.36 Å². The van der Waals surface area contributed by atoms with Gasteiger partial charge in [0.05, 0.1) is 6.42 Å². The Morgan fingerprint density at radius 3 is 2.26 bits per heavy atom. The van der Waals surface area contributed by atoms with Crippen molar-refractivity contribution < 1.29 is 27.1 Å². The van der Waals surface area contributed by atoms with Crippen molar-refractivity contribution in [3.05, 3.63) is 84.2 Å². The average molecular weight is 561 g/mol. The first-order valence-electron chi connectivity index (χ1n) is 12.1. The highest BCUT2D eigenvalue weighted by Gasteiger charge is 2.31. The van der Waals surface area contributed by atoms with E-state index in [1.54, 1.807) is 17.0 Å². The zero-order chi connectivity index (χ0) is 26.9. The summed E-state index contributed by atoms with van der Waals surface area (Å²) in [5, 5.41) is 10.8. The monoisotopic (exact) mass is 560 g/mol. The molecule has 0 saturated carbocycles. The summed E-state index contributed by atoms with van der Waals surface area (Å²) in [6.45, 7) is 3.48. The van der Waals surface area contributed by atoms with Gasteiger partial charge in [0, 0.05) is 42.0 Å². The summed E-state index contributed by atoms with van der Waals surface area (Å²) in [6.07, 6.45) is -4.68. The molecular weight excluding hydrogens is 536 g/mol. The molecule has 1 fully saturated rings. The van der Waals surface area contributed by atoms with Crippen LogP contribution in [0.3, 0.4) is 0 Å². The molecule has 0 N–H and O–H groups in total. The van der Waals surface area contributed by atoms with E-state index >= 15 is 0 Å². The van der Waals surface area contributed by atoms with Crippen LogP contribution in [-0.4, -0.2) is 53.0 Å². The zero-order valence-corrected chi connectivity index (χ0v) is 21.7. The number of anilines is 1. The summed E-state index contributed by atoms with van der Waals surface area (Å²) < 4.78 is 54.4. The molecule has 2 heterocycles. The molecule has 5 rings (SSSR count). The Kier molecular flexibility index (Phi) is 8.25. The first kappa shape index (κ1) is 28.1. The van der Waals surface area contributed by atoms with Crippen LogP contribution in [0.5, 0.6) is 5.75 Å². The standard InChI is InChI=1S/C28H24F4N4O2.ClH/c1-18-17-35(25(37)16-19-6-12-22(13-7-19)38-28(30,31)32)14-15-36(18)27-24-5-3-2-4-23(24)26(33-34-27)20-8-10-21(29)11-9-20;/h2-13,18H,14-17H2,1H3;1H/t18-;/m0./s1. The third kappa shape index (κ3) is 6.39. The fourth-order valence-electron chi connectivity index (χ4n) is 4.72. The summed E-state index contributed by atoms with van der Waals surface area (Å²) in [4.78, 5) is 16.8. The molecule has 3 aromatic carbocycles. The summed E-state index contributed by atoms with van der Waals surface area (Å²) in [5.41, 5.74) is 2.04. The number of piperazine rings is 1. The van der Waals surface area contributed by atoms with Crippen molar-refractivity contribution in [1.29, 1.82) is 0 Å². The van der Waals surface area contributed by atoms with E-state index in [-0.39, 0.29) is 42.3 Å². The van der Waals surface area contributed by atoms with Crippen LogP contribution < -0.4 is 9.64 Å². The van der Waals surface area contributed by atoms with Gasteiger partial charge in [-0.25, -0.2) is 4.39 Å². The van der Waals surface area contributed by atoms with Crippen LogP contribution in [0.2, 0.25) is 0 Å². The third-order valence-corrected chi connectivity index (χ3v) is 6.55. The number of fused-ring (bicyclic) bond motifs is 1. The highest BCUT2D eigenvalue weighted by molar-refractivity contribution is 6.00. The number of benzene rings is 3. The van der Waals surface area contributed by atoms with Crippen LogP contribution in [-0.2, 0) is 11.2 Å². The Morgan fingerprint density at radius 2 is 1.62 bits per heavy atom. The largest absolute Gasteiger partial charge is 0.573 e. The number of carbonyl (C=O) groups excluding carboxylic acids is 1. The van der Waals surface area contributed by atoms with Gasteiger partial charge < -0.3 is 14.5 Å². The fraction of sp³-hybridized carbons (Fsp3) is 0.250. The molecule has 0 unspecified atom stereocenters. The lowest BCUT2D eigenvalue weighted by Crippen LogP contribution is -2.54. The summed E-state index contributed by atoms with van der Waals surface area (Å²) in [5.74, 6) is -0.0408. The molecule has 0 bridgehead atoms. The Labute approximate surface area is 228 Å². The lowest BCUT2D eigenvalue weighted by atomic mass is 10.0. The van der Waals surface area contributed by atoms with Crippen LogP contribution in [0, 0.1) is 5.82 Å². The minimum atomic E-state index is -4.76. The first-order valence-corrected chi connectivity index (χ1v) is 12.1. The molecule has 1 atom stereocenters. The quantitative estimate of drug-likeness (QED) is 0.279. The van der Waals surface area contributed by atoms with Crippen LogP contribution in [0.25, 0.3) is 22.0 Å². The Bertz CT molecular complexity index is 1450. The van der Waals surface area contributed by atoms with Gasteiger partial charge in [-0.3, -0.25) is 4.79 Å². The lowest BCUT2D eigenvalue weighted by Gasteiger charge is -2.40. The van der Waals surface area contributed by atoms with Gasteiger partial charge in [-0.05, 0) is 48.9 Å². The Balaban J connectivity index is 0.00000353. The van der Waals surface area contributed by atoms with E-state index in [0.717, 1.165) is 16.3 Å². The van der Waals surface area contributed by atoms with Gasteiger partial charge in [-0.15, -0.1) is 35.8 Å². The maximum absolute atomic E-state index is 13.4. The van der Waals surface area contributed by atoms with E-state index in [1.165, 1.54) is 36.4 Å². The van der Waals surface area contributed by atoms with Gasteiger partial charge in [-0.1, -0.05) is 36.4 Å². The molecule has 1 aliphatic heterocycles. The van der Waals surface area contributed by atoms with Gasteiger partial charge in [0.25, 0.3) is 0 Å². The number of halogens is 5. The van der Waals surface area contributed by atoms with E-state index in [1.807, 2.05) is 31.2 Å². The SMILES string of the molecule is C[C@H]1CN(C(=O)Cc2ccc(OC(F)(F)F)cc2)CCN1c1nnc(-c2ccc(F)cc2)c2ccccc12.Cl. The molecule has 1 amide bonds. The second kappa shape index (κ2) is 11.4. The number of amides is 1. The normalized spacial score (nSPS) is 15.7. The number of rotatable bonds is 5. The molecular formula is C28H25ClF4N4O2. The number of ether oxygens (including phenoxy) is 1. The number of hydrogen-bond donors (Lipinski definition) is 0. The van der Waals surface area contributed by atoms with Crippen molar-refractivity contribution in [3.8, 4) is 17.0 Å². The van der Waals surface area contributed by atoms with Crippen molar-refractivity contribution in [2.45, 2.75) is 25.7 Å². The van der Waals surface area contributed by atoms with Crippen LogP contribution >= 0.6 is 12.4 Å². The maximum Gasteiger partial charge on any atom is 0.573 e. The maximum atomic E-state index is 13.4. The predicted molar refractivity (Wildman–Crippen MR) is 142 cm³/mol. The van der Waals surface area contributed by atoms with Crippen LogP contribution in [0.15, 0.2) is 72.8 Å². The lowest BCUT2D eigenvalue weighted by molar-refractivity contribution is -0.274. The Morgan fingerprint density at radius 1 is 0.949 bits per heavy atom. The molecule has 0 radical (unpaired) electrons. The van der Waals surface area contributed by atoms with Crippen LogP contribution in [0.4, 0.5) is 23.4 Å². The van der Waals surface area contributed by atoms with Gasteiger partial charge in [0.1, 0.15) is 17.3 Å². The zero-order valence-electron chi connectivity index (χ0n) is 20.9. The minimum absolute atomic E-state index is 0. The van der Waals surface area contributed by atoms with Crippen molar-refractivity contribution in [2.75, 3.05) is 24.5 Å². The number of carbonyl (C=O) groups is 1. The average Bonchev–Trinajstić information content (AvgIpc) is 2.89. The fourth-order valence-corrected chi connectivity index (χ4v) is 4.72. The molecule has 0 aliphatic carbocycles. The van der Waals surface area contributed by atoms with Gasteiger partial charge in [0.15, 0.2) is 5.82 Å². The van der Waals surface area contributed by atoms with Crippen molar-refractivity contribution in [3.63, 3.8) is 0 Å². The number of aromatic nitrogens is 2. The molecule has 1 saturated heterocycles. The van der Waals surface area contributed by atoms with Gasteiger partial charge in [-0.2, -0.15) is 0 Å². The van der Waals surface area contributed by atoms with E-state index in [0.29, 0.717) is 36.7 Å². The molecule has 11 heteroatoms. The number of nitrogens with zero attached hydrogens (tertiary/aromatic N) is 4. The smallest absolute Gasteiger partial charge is 0.406 e. The second-order valence-electron chi connectivity index (χ2n) is 9.18. The highest BCUT2D eigenvalue weighted by Crippen LogP contribution is 2.33. The molecule has 6 nitrogen and oxygen atoms in total. The summed E-state index contributed by atoms with van der Waals surface area (Å²) in [6, 6.07) is 19.2. The van der Waals surface area contributed by atoms with Crippen molar-refractivity contribution in [2.24, 2.45) is 0 Å². The van der Waals surface area contributed by atoms with E-state index in [2.05, 4.69) is 19.8 Å². The van der Waals surface area contributed by atoms with Crippen LogP contribution in [0.1, 0.15) is 12.5 Å². The highest BCUT2D eigenvalue weighted by atomic mass is 35.5. The second-order valence-corrected chi connectivity index (χ2v) is 9.18. The molecule has 1 aliphatic rings. The number of hydrogen-bond acceptors (Lipinski definition) is 5. The van der Waals surface area contributed by atoms with Crippen molar-refractivity contribution >= 4 is 34.9 Å².